The summed E-state index contributed by atoms with van der Waals surface area (Å²) in [6.45, 7) is 1.26. The summed E-state index contributed by atoms with van der Waals surface area (Å²) in [7, 11) is 1.61. The van der Waals surface area contributed by atoms with Gasteiger partial charge in [0.05, 0.1) is 19.1 Å². The largest absolute Gasteiger partial charge is 0.496 e. The maximum atomic E-state index is 12.6. The van der Waals surface area contributed by atoms with Crippen LogP contribution in [0.3, 0.4) is 0 Å². The molecule has 2 amide bonds. The van der Waals surface area contributed by atoms with Gasteiger partial charge in [-0.1, -0.05) is 30.3 Å². The van der Waals surface area contributed by atoms with Gasteiger partial charge in [0.2, 0.25) is 5.91 Å². The number of likely N-dealkylation sites (tertiary alicyclic amines) is 1. The minimum atomic E-state index is -0.160. The molecule has 0 radical (unpaired) electrons. The summed E-state index contributed by atoms with van der Waals surface area (Å²) in [4.78, 5) is 26.8. The second-order valence-electron chi connectivity index (χ2n) is 6.70. The molecule has 0 bridgehead atoms. The van der Waals surface area contributed by atoms with E-state index in [-0.39, 0.29) is 30.3 Å². The molecule has 28 heavy (non-hydrogen) atoms. The predicted molar refractivity (Wildman–Crippen MR) is 112 cm³/mol. The number of hydrogen-bond donors (Lipinski definition) is 2. The van der Waals surface area contributed by atoms with Crippen molar-refractivity contribution < 1.29 is 14.3 Å². The zero-order valence-electron chi connectivity index (χ0n) is 15.9. The van der Waals surface area contributed by atoms with Crippen LogP contribution in [-0.2, 0) is 11.2 Å². The molecule has 2 aromatic carbocycles. The lowest BCUT2D eigenvalue weighted by atomic mass is 10.0. The number of hydrogen-bond acceptors (Lipinski definition) is 4. The molecule has 3 N–H and O–H groups in total. The van der Waals surface area contributed by atoms with Gasteiger partial charge in [0.15, 0.2) is 0 Å². The zero-order chi connectivity index (χ0) is 19.2. The number of ether oxygens (including phenoxy) is 1. The number of methoxy groups -OCH3 is 1. The normalized spacial score (nSPS) is 14.1. The van der Waals surface area contributed by atoms with Crippen LogP contribution in [0.4, 0.5) is 5.69 Å². The second kappa shape index (κ2) is 9.99. The topological polar surface area (TPSA) is 84.7 Å². The number of nitrogens with one attached hydrogen (secondary N) is 1. The third kappa shape index (κ3) is 5.16. The molecule has 0 aliphatic carbocycles. The van der Waals surface area contributed by atoms with Crippen LogP contribution in [0.2, 0.25) is 0 Å². The Kier molecular flexibility index (Phi) is 7.70. The number of amides is 2. The van der Waals surface area contributed by atoms with E-state index in [0.29, 0.717) is 30.8 Å². The number of anilines is 1. The van der Waals surface area contributed by atoms with E-state index in [9.17, 15) is 9.59 Å². The number of nitrogens with zero attached hydrogens (tertiary/aromatic N) is 1. The standard InChI is InChI=1S/C21H25N3O3.ClH/c1-27-19-9-5-2-6-15(19)14-20(25)24-12-10-16(11-13-24)23-21(26)17-7-3-4-8-18(17)22;/h2-9,16H,10-14,22H2,1H3,(H,23,26);1H. The Labute approximate surface area is 171 Å². The number of para-hydroxylation sites is 2. The first-order chi connectivity index (χ1) is 13.1. The number of benzene rings is 2. The van der Waals surface area contributed by atoms with Crippen LogP contribution in [0.1, 0.15) is 28.8 Å². The minimum Gasteiger partial charge on any atom is -0.496 e. The van der Waals surface area contributed by atoms with Crippen molar-refractivity contribution >= 4 is 29.9 Å². The first kappa shape index (κ1) is 21.6. The molecule has 1 aliphatic heterocycles. The molecule has 1 saturated heterocycles. The number of carbonyl (C=O) groups excluding carboxylic acids is 2. The fraction of sp³-hybridized carbons (Fsp3) is 0.333. The SMILES string of the molecule is COc1ccccc1CC(=O)N1CCC(NC(=O)c2ccccc2N)CC1.Cl. The van der Waals surface area contributed by atoms with Gasteiger partial charge in [-0.05, 0) is 31.0 Å². The van der Waals surface area contributed by atoms with Gasteiger partial charge in [-0.15, -0.1) is 12.4 Å². The molecule has 0 unspecified atom stereocenters. The van der Waals surface area contributed by atoms with Gasteiger partial charge in [-0.3, -0.25) is 9.59 Å². The summed E-state index contributed by atoms with van der Waals surface area (Å²) in [5.74, 6) is 0.650. The Morgan fingerprint density at radius 1 is 1.11 bits per heavy atom. The maximum absolute atomic E-state index is 12.6. The maximum Gasteiger partial charge on any atom is 0.253 e. The van der Waals surface area contributed by atoms with Gasteiger partial charge in [0.1, 0.15) is 5.75 Å². The van der Waals surface area contributed by atoms with Gasteiger partial charge >= 0.3 is 0 Å². The number of rotatable bonds is 5. The molecule has 150 valence electrons. The van der Waals surface area contributed by atoms with Crippen LogP contribution >= 0.6 is 12.4 Å². The van der Waals surface area contributed by atoms with E-state index >= 15 is 0 Å². The molecule has 0 atom stereocenters. The molecule has 0 aromatic heterocycles. The van der Waals surface area contributed by atoms with Crippen LogP contribution in [0, 0.1) is 0 Å². The Morgan fingerprint density at radius 2 is 1.75 bits per heavy atom. The van der Waals surface area contributed by atoms with Gasteiger partial charge in [-0.2, -0.15) is 0 Å². The van der Waals surface area contributed by atoms with Crippen molar-refractivity contribution in [1.29, 1.82) is 0 Å². The first-order valence-corrected chi connectivity index (χ1v) is 9.13. The highest BCUT2D eigenvalue weighted by Crippen LogP contribution is 2.20. The quantitative estimate of drug-likeness (QED) is 0.751. The lowest BCUT2D eigenvalue weighted by Crippen LogP contribution is -2.47. The van der Waals surface area contributed by atoms with Gasteiger partial charge < -0.3 is 20.7 Å². The van der Waals surface area contributed by atoms with Crippen molar-refractivity contribution in [3.05, 3.63) is 59.7 Å². The number of piperidine rings is 1. The van der Waals surface area contributed by atoms with Crippen molar-refractivity contribution in [3.63, 3.8) is 0 Å². The van der Waals surface area contributed by atoms with Crippen molar-refractivity contribution in [2.45, 2.75) is 25.3 Å². The average Bonchev–Trinajstić information content (AvgIpc) is 2.69. The molecule has 6 nitrogen and oxygen atoms in total. The molecular formula is C21H26ClN3O3. The molecule has 0 saturated carbocycles. The van der Waals surface area contributed by atoms with E-state index in [1.54, 1.807) is 31.4 Å². The molecule has 0 spiro atoms. The van der Waals surface area contributed by atoms with E-state index in [0.717, 1.165) is 24.2 Å². The van der Waals surface area contributed by atoms with E-state index in [4.69, 9.17) is 10.5 Å². The Bertz CT molecular complexity index is 820. The molecule has 7 heteroatoms. The Balaban J connectivity index is 0.00000280. The van der Waals surface area contributed by atoms with Crippen LogP contribution in [0.5, 0.6) is 5.75 Å². The van der Waals surface area contributed by atoms with E-state index in [1.807, 2.05) is 29.2 Å². The van der Waals surface area contributed by atoms with Gasteiger partial charge in [0, 0.05) is 30.4 Å². The monoisotopic (exact) mass is 403 g/mol. The van der Waals surface area contributed by atoms with Crippen molar-refractivity contribution in [2.24, 2.45) is 0 Å². The highest BCUT2D eigenvalue weighted by atomic mass is 35.5. The smallest absolute Gasteiger partial charge is 0.253 e. The van der Waals surface area contributed by atoms with Crippen molar-refractivity contribution in [2.75, 3.05) is 25.9 Å². The van der Waals surface area contributed by atoms with Crippen LogP contribution < -0.4 is 15.8 Å². The fourth-order valence-electron chi connectivity index (χ4n) is 3.36. The summed E-state index contributed by atoms with van der Waals surface area (Å²) in [5.41, 5.74) is 7.71. The molecule has 3 rings (SSSR count). The predicted octanol–water partition coefficient (Wildman–Crippen LogP) is 2.66. The van der Waals surface area contributed by atoms with Crippen molar-refractivity contribution in [3.8, 4) is 5.75 Å². The minimum absolute atomic E-state index is 0. The van der Waals surface area contributed by atoms with E-state index in [2.05, 4.69) is 5.32 Å². The van der Waals surface area contributed by atoms with Crippen LogP contribution in [-0.4, -0.2) is 43.0 Å². The highest BCUT2D eigenvalue weighted by Gasteiger charge is 2.25. The molecule has 1 fully saturated rings. The number of nitrogen functional groups attached to an aromatic ring is 1. The number of halogens is 1. The second-order valence-corrected chi connectivity index (χ2v) is 6.70. The first-order valence-electron chi connectivity index (χ1n) is 9.13. The fourth-order valence-corrected chi connectivity index (χ4v) is 3.36. The van der Waals surface area contributed by atoms with Crippen LogP contribution in [0.15, 0.2) is 48.5 Å². The highest BCUT2D eigenvalue weighted by molar-refractivity contribution is 5.99. The summed E-state index contributed by atoms with van der Waals surface area (Å²) >= 11 is 0. The Hall–Kier alpha value is -2.73. The molecule has 1 aliphatic rings. The third-order valence-electron chi connectivity index (χ3n) is 4.92. The number of carbonyl (C=O) groups is 2. The van der Waals surface area contributed by atoms with Gasteiger partial charge in [-0.25, -0.2) is 0 Å². The van der Waals surface area contributed by atoms with E-state index in [1.165, 1.54) is 0 Å². The number of nitrogens with two attached hydrogens (primary N) is 1. The van der Waals surface area contributed by atoms with Gasteiger partial charge in [0.25, 0.3) is 5.91 Å². The molecular weight excluding hydrogens is 378 g/mol. The summed E-state index contributed by atoms with van der Waals surface area (Å²) in [6, 6.07) is 14.6. The summed E-state index contributed by atoms with van der Waals surface area (Å²) in [5, 5.41) is 3.03. The molecule has 1 heterocycles. The van der Waals surface area contributed by atoms with Crippen LogP contribution in [0.25, 0.3) is 0 Å². The summed E-state index contributed by atoms with van der Waals surface area (Å²) < 4.78 is 5.32. The third-order valence-corrected chi connectivity index (χ3v) is 4.92. The summed E-state index contributed by atoms with van der Waals surface area (Å²) in [6.07, 6.45) is 1.79. The lowest BCUT2D eigenvalue weighted by Gasteiger charge is -2.32. The lowest BCUT2D eigenvalue weighted by molar-refractivity contribution is -0.131. The van der Waals surface area contributed by atoms with E-state index < -0.39 is 0 Å². The zero-order valence-corrected chi connectivity index (χ0v) is 16.7. The van der Waals surface area contributed by atoms with Crippen molar-refractivity contribution in [1.82, 2.24) is 10.2 Å². The molecule has 2 aromatic rings. The Morgan fingerprint density at radius 3 is 2.43 bits per heavy atom. The average molecular weight is 404 g/mol.